The number of nitrogen functional groups attached to an aromatic ring is 1. The molecule has 0 fully saturated rings. The Morgan fingerprint density at radius 1 is 0.758 bits per heavy atom. The fourth-order valence-electron chi connectivity index (χ4n) is 4.56. The maximum Gasteiger partial charge on any atom is 0.124 e. The second-order valence-electron chi connectivity index (χ2n) is 9.89. The minimum Gasteiger partial charge on any atom is -0.508 e. The van der Waals surface area contributed by atoms with E-state index in [2.05, 4.69) is 71.1 Å². The molecule has 3 aromatic rings. The molecule has 0 spiro atoms. The molecule has 3 aromatic carbocycles. The number of hydrogen-bond donors (Lipinski definition) is 4. The number of phenols is 2. The summed E-state index contributed by atoms with van der Waals surface area (Å²) in [5.74, 6) is 0.882. The fourth-order valence-corrected chi connectivity index (χ4v) is 4.56. The van der Waals surface area contributed by atoms with E-state index >= 15 is 0 Å². The zero-order valence-electron chi connectivity index (χ0n) is 21.0. The molecule has 0 bridgehead atoms. The predicted molar refractivity (Wildman–Crippen MR) is 140 cm³/mol. The molecule has 33 heavy (non-hydrogen) atoms. The minimum absolute atomic E-state index is 0.0605. The van der Waals surface area contributed by atoms with E-state index in [1.54, 1.807) is 12.1 Å². The highest BCUT2D eigenvalue weighted by atomic mass is 16.3. The average molecular weight is 447 g/mol. The van der Waals surface area contributed by atoms with Gasteiger partial charge in [-0.15, -0.1) is 0 Å². The lowest BCUT2D eigenvalue weighted by molar-refractivity contribution is 0.444. The number of anilines is 2. The van der Waals surface area contributed by atoms with Crippen LogP contribution in [0.5, 0.6) is 11.5 Å². The van der Waals surface area contributed by atoms with Crippen LogP contribution in [0.4, 0.5) is 11.4 Å². The Kier molecular flexibility index (Phi) is 7.26. The normalized spacial score (nSPS) is 12.4. The molecule has 0 aliphatic carbocycles. The lowest BCUT2D eigenvalue weighted by atomic mass is 9.90. The van der Waals surface area contributed by atoms with Crippen LogP contribution >= 0.6 is 0 Å². The van der Waals surface area contributed by atoms with E-state index in [-0.39, 0.29) is 17.5 Å². The topological polar surface area (TPSA) is 78.5 Å². The quantitative estimate of drug-likeness (QED) is 0.287. The summed E-state index contributed by atoms with van der Waals surface area (Å²) >= 11 is 0. The largest absolute Gasteiger partial charge is 0.508 e. The first-order valence-electron chi connectivity index (χ1n) is 11.8. The first-order chi connectivity index (χ1) is 15.5. The van der Waals surface area contributed by atoms with Gasteiger partial charge in [0.15, 0.2) is 0 Å². The number of rotatable bonds is 7. The van der Waals surface area contributed by atoms with Gasteiger partial charge in [0, 0.05) is 23.0 Å². The highest BCUT2D eigenvalue weighted by molar-refractivity contribution is 5.62. The van der Waals surface area contributed by atoms with E-state index in [4.69, 9.17) is 5.73 Å². The van der Waals surface area contributed by atoms with Crippen molar-refractivity contribution >= 4 is 11.4 Å². The summed E-state index contributed by atoms with van der Waals surface area (Å²) < 4.78 is 0. The maximum absolute atomic E-state index is 10.3. The Balaban J connectivity index is 1.95. The minimum atomic E-state index is -0.110. The molecule has 3 rings (SSSR count). The van der Waals surface area contributed by atoms with Crippen molar-refractivity contribution in [1.29, 1.82) is 0 Å². The van der Waals surface area contributed by atoms with E-state index < -0.39 is 0 Å². The van der Waals surface area contributed by atoms with Crippen molar-refractivity contribution in [3.05, 3.63) is 81.4 Å². The van der Waals surface area contributed by atoms with Crippen molar-refractivity contribution in [1.82, 2.24) is 0 Å². The number of phenolic OH excluding ortho intramolecular Hbond substituents is 2. The van der Waals surface area contributed by atoms with Gasteiger partial charge in [-0.25, -0.2) is 0 Å². The molecule has 176 valence electrons. The van der Waals surface area contributed by atoms with Crippen LogP contribution in [0.15, 0.2) is 42.5 Å². The van der Waals surface area contributed by atoms with Crippen molar-refractivity contribution in [2.24, 2.45) is 0 Å². The third-order valence-corrected chi connectivity index (χ3v) is 6.40. The second kappa shape index (κ2) is 9.78. The molecular formula is C29H38N2O2. The molecule has 0 amide bonds. The van der Waals surface area contributed by atoms with E-state index in [1.165, 1.54) is 33.9 Å². The lowest BCUT2D eigenvalue weighted by Gasteiger charge is -2.24. The molecule has 0 saturated carbocycles. The van der Waals surface area contributed by atoms with Crippen molar-refractivity contribution in [2.75, 3.05) is 11.1 Å². The Morgan fingerprint density at radius 2 is 1.33 bits per heavy atom. The summed E-state index contributed by atoms with van der Waals surface area (Å²) in [5, 5.41) is 23.5. The van der Waals surface area contributed by atoms with Gasteiger partial charge in [-0.2, -0.15) is 0 Å². The Bertz CT molecular complexity index is 1150. The monoisotopic (exact) mass is 446 g/mol. The second-order valence-corrected chi connectivity index (χ2v) is 9.89. The summed E-state index contributed by atoms with van der Waals surface area (Å²) in [4.78, 5) is 0. The van der Waals surface area contributed by atoms with Crippen molar-refractivity contribution in [2.45, 2.75) is 72.8 Å². The fraction of sp³-hybridized carbons (Fsp3) is 0.379. The Morgan fingerprint density at radius 3 is 1.91 bits per heavy atom. The highest BCUT2D eigenvalue weighted by Crippen LogP contribution is 2.36. The summed E-state index contributed by atoms with van der Waals surface area (Å²) in [5.41, 5.74) is 16.4. The predicted octanol–water partition coefficient (Wildman–Crippen LogP) is 7.31. The molecule has 1 unspecified atom stereocenters. The SMILES string of the molecule is Cc1cc(Cc2cc(C)c(NC(C)c3ccc(O)cc3O)c(C(C)C)c2)cc(C(C)C)c1N. The third kappa shape index (κ3) is 5.44. The van der Waals surface area contributed by atoms with E-state index in [0.29, 0.717) is 11.8 Å². The van der Waals surface area contributed by atoms with Gasteiger partial charge >= 0.3 is 0 Å². The van der Waals surface area contributed by atoms with Gasteiger partial charge in [0.2, 0.25) is 0 Å². The molecule has 4 heteroatoms. The van der Waals surface area contributed by atoms with Gasteiger partial charge in [-0.1, -0.05) is 52.0 Å². The Labute approximate surface area is 198 Å². The molecule has 0 aromatic heterocycles. The molecule has 0 radical (unpaired) electrons. The van der Waals surface area contributed by atoms with Crippen LogP contribution < -0.4 is 11.1 Å². The van der Waals surface area contributed by atoms with Crippen molar-refractivity contribution in [3.8, 4) is 11.5 Å². The molecule has 5 N–H and O–H groups in total. The average Bonchev–Trinajstić information content (AvgIpc) is 2.71. The number of nitrogens with two attached hydrogens (primary N) is 1. The van der Waals surface area contributed by atoms with Crippen LogP contribution in [0.2, 0.25) is 0 Å². The van der Waals surface area contributed by atoms with Gasteiger partial charge in [-0.3, -0.25) is 0 Å². The van der Waals surface area contributed by atoms with Gasteiger partial charge in [0.25, 0.3) is 0 Å². The summed E-state index contributed by atoms with van der Waals surface area (Å²) in [6.45, 7) is 15.0. The number of aromatic hydroxyl groups is 2. The number of benzene rings is 3. The van der Waals surface area contributed by atoms with Crippen molar-refractivity contribution in [3.63, 3.8) is 0 Å². The lowest BCUT2D eigenvalue weighted by Crippen LogP contribution is -2.11. The number of aryl methyl sites for hydroxylation is 2. The van der Waals surface area contributed by atoms with Gasteiger partial charge in [-0.05, 0) is 84.5 Å². The van der Waals surface area contributed by atoms with Crippen LogP contribution in [-0.2, 0) is 6.42 Å². The van der Waals surface area contributed by atoms with Gasteiger partial charge < -0.3 is 21.3 Å². The summed E-state index contributed by atoms with van der Waals surface area (Å²) in [6, 6.07) is 13.6. The van der Waals surface area contributed by atoms with Gasteiger partial charge in [0.05, 0.1) is 6.04 Å². The molecule has 0 aliphatic rings. The zero-order valence-corrected chi connectivity index (χ0v) is 21.0. The smallest absolute Gasteiger partial charge is 0.124 e. The van der Waals surface area contributed by atoms with Crippen LogP contribution in [0.3, 0.4) is 0 Å². The first kappa shape index (κ1) is 24.5. The summed E-state index contributed by atoms with van der Waals surface area (Å²) in [6.07, 6.45) is 0.857. The molecule has 4 nitrogen and oxygen atoms in total. The van der Waals surface area contributed by atoms with Crippen LogP contribution in [-0.4, -0.2) is 10.2 Å². The van der Waals surface area contributed by atoms with E-state index in [1.807, 2.05) is 6.92 Å². The Hall–Kier alpha value is -3.14. The number of hydrogen-bond acceptors (Lipinski definition) is 4. The standard InChI is InChI=1S/C29H38N2O2/c1-16(2)25-13-21(10-18(5)28(25)30)12-22-11-19(6)29(26(14-22)17(3)4)31-20(7)24-9-8-23(32)15-27(24)33/h8-11,13-17,20,31-33H,12,30H2,1-7H3. The maximum atomic E-state index is 10.3. The third-order valence-electron chi connectivity index (χ3n) is 6.40. The molecule has 0 heterocycles. The van der Waals surface area contributed by atoms with E-state index in [9.17, 15) is 10.2 Å². The van der Waals surface area contributed by atoms with Crippen LogP contribution in [0.1, 0.15) is 91.4 Å². The van der Waals surface area contributed by atoms with Crippen LogP contribution in [0, 0.1) is 13.8 Å². The molecule has 1 atom stereocenters. The molecular weight excluding hydrogens is 408 g/mol. The zero-order chi connectivity index (χ0) is 24.4. The summed E-state index contributed by atoms with van der Waals surface area (Å²) in [7, 11) is 0. The molecule has 0 aliphatic heterocycles. The van der Waals surface area contributed by atoms with Crippen LogP contribution in [0.25, 0.3) is 0 Å². The van der Waals surface area contributed by atoms with E-state index in [0.717, 1.165) is 28.9 Å². The first-order valence-corrected chi connectivity index (χ1v) is 11.8. The van der Waals surface area contributed by atoms with Crippen molar-refractivity contribution < 1.29 is 10.2 Å². The molecule has 0 saturated heterocycles. The van der Waals surface area contributed by atoms with Gasteiger partial charge in [0.1, 0.15) is 11.5 Å². The highest BCUT2D eigenvalue weighted by Gasteiger charge is 2.17. The number of nitrogens with one attached hydrogen (secondary N) is 1.